The number of nitrogens with two attached hydrogens (primary N) is 1. The number of benzene rings is 1. The molecule has 7 heteroatoms. The maximum absolute atomic E-state index is 13.9. The van der Waals surface area contributed by atoms with Crippen molar-refractivity contribution >= 4 is 22.7 Å². The van der Waals surface area contributed by atoms with Gasteiger partial charge in [-0.05, 0) is 49.9 Å². The molecule has 0 spiro atoms. The van der Waals surface area contributed by atoms with Gasteiger partial charge in [0.15, 0.2) is 0 Å². The molecule has 1 unspecified atom stereocenters. The third-order valence-corrected chi connectivity index (χ3v) is 5.54. The zero-order valence-corrected chi connectivity index (χ0v) is 15.8. The van der Waals surface area contributed by atoms with Gasteiger partial charge in [0.2, 0.25) is 5.91 Å². The number of carbonyl (C=O) groups is 2. The van der Waals surface area contributed by atoms with Crippen LogP contribution in [0.5, 0.6) is 0 Å². The molecule has 2 aliphatic rings. The number of aromatic nitrogens is 1. The van der Waals surface area contributed by atoms with E-state index in [0.717, 1.165) is 31.4 Å². The van der Waals surface area contributed by atoms with Gasteiger partial charge in [0, 0.05) is 43.2 Å². The summed E-state index contributed by atoms with van der Waals surface area (Å²) in [5, 5.41) is 3.34. The molecule has 1 aromatic carbocycles. The molecule has 0 radical (unpaired) electrons. The fourth-order valence-corrected chi connectivity index (χ4v) is 3.87. The zero-order chi connectivity index (χ0) is 19.7. The minimum absolute atomic E-state index is 0.0627. The standard InChI is InChI=1S/C21H25FN4O2/c22-15-5-6-18-16(10-15)17(11-19(25-18)13-3-4-13)21(28)26-9-1-2-14(12-26)20(27)24-8-7-23/h5-6,10-11,13-14H,1-4,7-9,12,23H2,(H,24,27). The topological polar surface area (TPSA) is 88.3 Å². The summed E-state index contributed by atoms with van der Waals surface area (Å²) in [5.41, 5.74) is 7.47. The van der Waals surface area contributed by atoms with Gasteiger partial charge in [-0.1, -0.05) is 0 Å². The second kappa shape index (κ2) is 7.83. The molecule has 0 bridgehead atoms. The highest BCUT2D eigenvalue weighted by atomic mass is 19.1. The van der Waals surface area contributed by atoms with Crippen molar-refractivity contribution in [2.75, 3.05) is 26.2 Å². The molecule has 2 heterocycles. The van der Waals surface area contributed by atoms with Crippen LogP contribution < -0.4 is 11.1 Å². The molecule has 3 N–H and O–H groups in total. The van der Waals surface area contributed by atoms with Crippen molar-refractivity contribution in [2.45, 2.75) is 31.6 Å². The van der Waals surface area contributed by atoms with E-state index in [2.05, 4.69) is 10.3 Å². The van der Waals surface area contributed by atoms with Gasteiger partial charge in [-0.25, -0.2) is 4.39 Å². The number of pyridine rings is 1. The minimum Gasteiger partial charge on any atom is -0.355 e. The normalized spacial score (nSPS) is 19.6. The summed E-state index contributed by atoms with van der Waals surface area (Å²) < 4.78 is 13.9. The van der Waals surface area contributed by atoms with Crippen LogP contribution in [0.1, 0.15) is 47.7 Å². The van der Waals surface area contributed by atoms with Crippen molar-refractivity contribution in [1.82, 2.24) is 15.2 Å². The maximum atomic E-state index is 13.9. The summed E-state index contributed by atoms with van der Waals surface area (Å²) in [6, 6.07) is 6.20. The van der Waals surface area contributed by atoms with Gasteiger partial charge in [-0.3, -0.25) is 14.6 Å². The summed E-state index contributed by atoms with van der Waals surface area (Å²) in [7, 11) is 0. The number of carbonyl (C=O) groups excluding carboxylic acids is 2. The van der Waals surface area contributed by atoms with Gasteiger partial charge in [0.25, 0.3) is 5.91 Å². The van der Waals surface area contributed by atoms with Crippen molar-refractivity contribution in [2.24, 2.45) is 11.7 Å². The van der Waals surface area contributed by atoms with E-state index in [1.54, 1.807) is 11.0 Å². The molecule has 2 fully saturated rings. The van der Waals surface area contributed by atoms with E-state index in [4.69, 9.17) is 5.73 Å². The Bertz CT molecular complexity index is 913. The van der Waals surface area contributed by atoms with Crippen LogP contribution in [-0.2, 0) is 4.79 Å². The van der Waals surface area contributed by atoms with Gasteiger partial charge in [-0.15, -0.1) is 0 Å². The quantitative estimate of drug-likeness (QED) is 0.827. The molecule has 1 saturated heterocycles. The lowest BCUT2D eigenvalue weighted by Gasteiger charge is -2.32. The predicted octanol–water partition coefficient (Wildman–Crippen LogP) is 2.18. The number of hydrogen-bond acceptors (Lipinski definition) is 4. The van der Waals surface area contributed by atoms with Crippen LogP contribution in [-0.4, -0.2) is 47.9 Å². The first-order valence-corrected chi connectivity index (χ1v) is 9.94. The van der Waals surface area contributed by atoms with E-state index in [0.29, 0.717) is 48.6 Å². The van der Waals surface area contributed by atoms with Crippen molar-refractivity contribution in [3.05, 3.63) is 41.3 Å². The summed E-state index contributed by atoms with van der Waals surface area (Å²) >= 11 is 0. The molecule has 148 valence electrons. The molecule has 1 atom stereocenters. The second-order valence-corrected chi connectivity index (χ2v) is 7.70. The molecule has 1 aliphatic heterocycles. The third kappa shape index (κ3) is 3.85. The molecular formula is C21H25FN4O2. The summed E-state index contributed by atoms with van der Waals surface area (Å²) in [6.45, 7) is 1.78. The molecule has 1 saturated carbocycles. The van der Waals surface area contributed by atoms with Crippen LogP contribution in [0.25, 0.3) is 10.9 Å². The number of halogens is 1. The Morgan fingerprint density at radius 3 is 2.82 bits per heavy atom. The SMILES string of the molecule is NCCNC(=O)C1CCCN(C(=O)c2cc(C3CC3)nc3ccc(F)cc23)C1. The minimum atomic E-state index is -0.389. The lowest BCUT2D eigenvalue weighted by molar-refractivity contribution is -0.126. The van der Waals surface area contributed by atoms with Crippen LogP contribution in [0.2, 0.25) is 0 Å². The Kier molecular flexibility index (Phi) is 5.26. The smallest absolute Gasteiger partial charge is 0.254 e. The number of amides is 2. The lowest BCUT2D eigenvalue weighted by Crippen LogP contribution is -2.46. The van der Waals surface area contributed by atoms with Crippen molar-refractivity contribution < 1.29 is 14.0 Å². The van der Waals surface area contributed by atoms with E-state index in [1.807, 2.05) is 6.07 Å². The number of likely N-dealkylation sites (tertiary alicyclic amines) is 1. The van der Waals surface area contributed by atoms with Crippen LogP contribution in [0.15, 0.2) is 24.3 Å². The molecule has 2 amide bonds. The van der Waals surface area contributed by atoms with Crippen molar-refractivity contribution in [3.63, 3.8) is 0 Å². The molecule has 1 aromatic heterocycles. The Morgan fingerprint density at radius 2 is 2.07 bits per heavy atom. The van der Waals surface area contributed by atoms with E-state index in [-0.39, 0.29) is 23.5 Å². The number of rotatable bonds is 5. The third-order valence-electron chi connectivity index (χ3n) is 5.54. The average molecular weight is 384 g/mol. The van der Waals surface area contributed by atoms with Crippen LogP contribution >= 0.6 is 0 Å². The van der Waals surface area contributed by atoms with Crippen molar-refractivity contribution in [1.29, 1.82) is 0 Å². The number of nitrogens with zero attached hydrogens (tertiary/aromatic N) is 2. The lowest BCUT2D eigenvalue weighted by atomic mass is 9.95. The first-order chi connectivity index (χ1) is 13.6. The maximum Gasteiger partial charge on any atom is 0.254 e. The fourth-order valence-electron chi connectivity index (χ4n) is 3.87. The van der Waals surface area contributed by atoms with Gasteiger partial charge >= 0.3 is 0 Å². The van der Waals surface area contributed by atoms with Gasteiger partial charge in [-0.2, -0.15) is 0 Å². The first kappa shape index (κ1) is 18.8. The Hall–Kier alpha value is -2.54. The second-order valence-electron chi connectivity index (χ2n) is 7.70. The van der Waals surface area contributed by atoms with E-state index >= 15 is 0 Å². The van der Waals surface area contributed by atoms with Gasteiger partial charge in [0.05, 0.1) is 17.0 Å². The summed E-state index contributed by atoms with van der Waals surface area (Å²) in [5.74, 6) is -0.460. The van der Waals surface area contributed by atoms with Gasteiger partial charge in [0.1, 0.15) is 5.82 Å². The number of hydrogen-bond donors (Lipinski definition) is 2. The van der Waals surface area contributed by atoms with E-state index in [1.165, 1.54) is 12.1 Å². The van der Waals surface area contributed by atoms with Crippen molar-refractivity contribution in [3.8, 4) is 0 Å². The first-order valence-electron chi connectivity index (χ1n) is 9.94. The molecular weight excluding hydrogens is 359 g/mol. The molecule has 4 rings (SSSR count). The molecule has 2 aromatic rings. The van der Waals surface area contributed by atoms with Gasteiger partial charge < -0.3 is 16.0 Å². The van der Waals surface area contributed by atoms with E-state index in [9.17, 15) is 14.0 Å². The Labute approximate surface area is 163 Å². The molecule has 6 nitrogen and oxygen atoms in total. The monoisotopic (exact) mass is 384 g/mol. The van der Waals surface area contributed by atoms with Crippen LogP contribution in [0, 0.1) is 11.7 Å². The predicted molar refractivity (Wildman–Crippen MR) is 104 cm³/mol. The van der Waals surface area contributed by atoms with Crippen LogP contribution in [0.3, 0.4) is 0 Å². The molecule has 28 heavy (non-hydrogen) atoms. The molecule has 1 aliphatic carbocycles. The number of fused-ring (bicyclic) bond motifs is 1. The zero-order valence-electron chi connectivity index (χ0n) is 15.8. The van der Waals surface area contributed by atoms with Crippen LogP contribution in [0.4, 0.5) is 4.39 Å². The Balaban J connectivity index is 1.62. The summed E-state index contributed by atoms with van der Waals surface area (Å²) in [4.78, 5) is 32.0. The highest BCUT2D eigenvalue weighted by molar-refractivity contribution is 6.06. The fraction of sp³-hybridized carbons (Fsp3) is 0.476. The van der Waals surface area contributed by atoms with E-state index < -0.39 is 0 Å². The Morgan fingerprint density at radius 1 is 1.25 bits per heavy atom. The highest BCUT2D eigenvalue weighted by Gasteiger charge is 2.31. The highest BCUT2D eigenvalue weighted by Crippen LogP contribution is 2.40. The average Bonchev–Trinajstić information content (AvgIpc) is 3.56. The number of nitrogens with one attached hydrogen (secondary N) is 1. The number of piperidine rings is 1. The largest absolute Gasteiger partial charge is 0.355 e. The summed E-state index contributed by atoms with van der Waals surface area (Å²) in [6.07, 6.45) is 3.65.